The molecule has 0 radical (unpaired) electrons. The van der Waals surface area contributed by atoms with E-state index in [1.165, 1.54) is 6.33 Å². The first-order valence-corrected chi connectivity index (χ1v) is 8.35. The Balaban J connectivity index is 1.59. The fourth-order valence-electron chi connectivity index (χ4n) is 3.71. The lowest BCUT2D eigenvalue weighted by molar-refractivity contribution is -0.134. The van der Waals surface area contributed by atoms with Crippen LogP contribution in [-0.4, -0.2) is 52.1 Å². The second kappa shape index (κ2) is 5.79. The number of hydrogen-bond donors (Lipinski definition) is 0. The van der Waals surface area contributed by atoms with Gasteiger partial charge in [0.15, 0.2) is 0 Å². The van der Waals surface area contributed by atoms with E-state index in [1.807, 2.05) is 11.8 Å². The van der Waals surface area contributed by atoms with E-state index in [9.17, 15) is 4.79 Å². The molecule has 23 heavy (non-hydrogen) atoms. The predicted molar refractivity (Wildman–Crippen MR) is 85.1 cm³/mol. The number of fused-ring (bicyclic) bond motifs is 1. The van der Waals surface area contributed by atoms with Crippen molar-refractivity contribution in [3.8, 4) is 0 Å². The van der Waals surface area contributed by atoms with Gasteiger partial charge in [-0.2, -0.15) is 4.98 Å². The monoisotopic (exact) mass is 315 g/mol. The summed E-state index contributed by atoms with van der Waals surface area (Å²) in [6.45, 7) is 5.35. The molecule has 2 aromatic heterocycles. The Bertz CT molecular complexity index is 722. The van der Waals surface area contributed by atoms with Gasteiger partial charge in [-0.25, -0.2) is 4.98 Å². The van der Waals surface area contributed by atoms with E-state index >= 15 is 0 Å². The lowest BCUT2D eigenvalue weighted by atomic mass is 9.96. The number of amides is 1. The maximum absolute atomic E-state index is 12.7. The number of aromatic nitrogens is 3. The van der Waals surface area contributed by atoms with Crippen LogP contribution in [0.5, 0.6) is 0 Å². The summed E-state index contributed by atoms with van der Waals surface area (Å²) in [6.07, 6.45) is 5.74. The van der Waals surface area contributed by atoms with Crippen LogP contribution < -0.4 is 4.90 Å². The molecule has 1 amide bonds. The van der Waals surface area contributed by atoms with Crippen molar-refractivity contribution < 1.29 is 9.32 Å². The highest BCUT2D eigenvalue weighted by Gasteiger charge is 2.32. The van der Waals surface area contributed by atoms with Crippen LogP contribution in [0.1, 0.15) is 31.4 Å². The minimum Gasteiger partial charge on any atom is -0.355 e. The molecule has 7 heteroatoms. The number of nitrogens with zero attached hydrogens (tertiary/aromatic N) is 5. The van der Waals surface area contributed by atoms with Gasteiger partial charge in [0, 0.05) is 26.2 Å². The SMILES string of the molecule is Cc1noc2ncnc(N3CCCC(C(=O)N4CCCC4)C3)c12. The van der Waals surface area contributed by atoms with E-state index < -0.39 is 0 Å². The van der Waals surface area contributed by atoms with Crippen molar-refractivity contribution in [2.45, 2.75) is 32.6 Å². The van der Waals surface area contributed by atoms with Crippen molar-refractivity contribution in [2.24, 2.45) is 5.92 Å². The van der Waals surface area contributed by atoms with Gasteiger partial charge >= 0.3 is 0 Å². The van der Waals surface area contributed by atoms with Crippen LogP contribution in [0.25, 0.3) is 11.1 Å². The second-order valence-electron chi connectivity index (χ2n) is 6.46. The number of carbonyl (C=O) groups is 1. The maximum Gasteiger partial charge on any atom is 0.263 e. The number of aryl methyl sites for hydroxylation is 1. The Hall–Kier alpha value is -2.18. The van der Waals surface area contributed by atoms with E-state index in [0.29, 0.717) is 18.2 Å². The minimum atomic E-state index is 0.0621. The summed E-state index contributed by atoms with van der Waals surface area (Å²) < 4.78 is 5.23. The quantitative estimate of drug-likeness (QED) is 0.840. The zero-order valence-electron chi connectivity index (χ0n) is 13.4. The Labute approximate surface area is 134 Å². The van der Waals surface area contributed by atoms with E-state index in [0.717, 1.165) is 62.2 Å². The Morgan fingerprint density at radius 2 is 2.04 bits per heavy atom. The summed E-state index contributed by atoms with van der Waals surface area (Å²) in [5.41, 5.74) is 1.31. The molecule has 0 aliphatic carbocycles. The van der Waals surface area contributed by atoms with Crippen LogP contribution >= 0.6 is 0 Å². The fraction of sp³-hybridized carbons (Fsp3) is 0.625. The summed E-state index contributed by atoms with van der Waals surface area (Å²) in [4.78, 5) is 25.5. The predicted octanol–water partition coefficient (Wildman–Crippen LogP) is 1.77. The van der Waals surface area contributed by atoms with Gasteiger partial charge < -0.3 is 14.3 Å². The first-order valence-electron chi connectivity index (χ1n) is 8.35. The molecule has 7 nitrogen and oxygen atoms in total. The lowest BCUT2D eigenvalue weighted by Crippen LogP contribution is -2.44. The van der Waals surface area contributed by atoms with Crippen molar-refractivity contribution in [3.63, 3.8) is 0 Å². The Kier molecular flexibility index (Phi) is 3.63. The molecule has 2 aliphatic rings. The number of rotatable bonds is 2. The van der Waals surface area contributed by atoms with E-state index in [4.69, 9.17) is 4.52 Å². The average Bonchev–Trinajstić information content (AvgIpc) is 3.25. The summed E-state index contributed by atoms with van der Waals surface area (Å²) in [7, 11) is 0. The number of hydrogen-bond acceptors (Lipinski definition) is 6. The largest absolute Gasteiger partial charge is 0.355 e. The zero-order valence-corrected chi connectivity index (χ0v) is 13.4. The van der Waals surface area contributed by atoms with E-state index in [2.05, 4.69) is 20.0 Å². The van der Waals surface area contributed by atoms with Gasteiger partial charge in [0.25, 0.3) is 5.71 Å². The van der Waals surface area contributed by atoms with E-state index in [1.54, 1.807) is 0 Å². The van der Waals surface area contributed by atoms with Crippen LogP contribution in [-0.2, 0) is 4.79 Å². The summed E-state index contributed by atoms with van der Waals surface area (Å²) in [6, 6.07) is 0. The first-order chi connectivity index (χ1) is 11.2. The standard InChI is InChI=1S/C16H21N5O2/c1-11-13-14(17-10-18-15(13)23-19-11)21-8-4-5-12(9-21)16(22)20-6-2-3-7-20/h10,12H,2-9H2,1H3. The van der Waals surface area contributed by atoms with E-state index in [-0.39, 0.29) is 5.92 Å². The number of piperidine rings is 1. The van der Waals surface area contributed by atoms with Crippen LogP contribution in [0.15, 0.2) is 10.9 Å². The molecule has 0 spiro atoms. The van der Waals surface area contributed by atoms with Gasteiger partial charge in [-0.1, -0.05) is 5.16 Å². The smallest absolute Gasteiger partial charge is 0.263 e. The summed E-state index contributed by atoms with van der Waals surface area (Å²) in [5, 5.41) is 4.85. The molecule has 1 unspecified atom stereocenters. The molecule has 2 aliphatic heterocycles. The fourth-order valence-corrected chi connectivity index (χ4v) is 3.71. The van der Waals surface area contributed by atoms with Gasteiger partial charge in [-0.15, -0.1) is 0 Å². The highest BCUT2D eigenvalue weighted by atomic mass is 16.5. The molecule has 0 saturated carbocycles. The van der Waals surface area contributed by atoms with Crippen LogP contribution in [0, 0.1) is 12.8 Å². The average molecular weight is 315 g/mol. The van der Waals surface area contributed by atoms with Gasteiger partial charge in [0.05, 0.1) is 11.6 Å². The molecule has 0 N–H and O–H groups in total. The Morgan fingerprint density at radius 3 is 2.87 bits per heavy atom. The third-order valence-electron chi connectivity index (χ3n) is 4.91. The molecule has 1 atom stereocenters. The molecule has 2 fully saturated rings. The molecule has 2 saturated heterocycles. The lowest BCUT2D eigenvalue weighted by Gasteiger charge is -2.34. The number of carbonyl (C=O) groups excluding carboxylic acids is 1. The van der Waals surface area contributed by atoms with Crippen molar-refractivity contribution in [1.82, 2.24) is 20.0 Å². The van der Waals surface area contributed by atoms with Crippen LogP contribution in [0.4, 0.5) is 5.82 Å². The topological polar surface area (TPSA) is 75.4 Å². The van der Waals surface area contributed by atoms with Gasteiger partial charge in [0.2, 0.25) is 5.91 Å². The van der Waals surface area contributed by atoms with Crippen LogP contribution in [0.2, 0.25) is 0 Å². The molecule has 2 aromatic rings. The third kappa shape index (κ3) is 2.54. The maximum atomic E-state index is 12.7. The van der Waals surface area contributed by atoms with Crippen molar-refractivity contribution >= 4 is 22.8 Å². The zero-order chi connectivity index (χ0) is 15.8. The highest BCUT2D eigenvalue weighted by molar-refractivity contribution is 5.88. The third-order valence-corrected chi connectivity index (χ3v) is 4.91. The van der Waals surface area contributed by atoms with Crippen molar-refractivity contribution in [2.75, 3.05) is 31.1 Å². The Morgan fingerprint density at radius 1 is 1.22 bits per heavy atom. The minimum absolute atomic E-state index is 0.0621. The summed E-state index contributed by atoms with van der Waals surface area (Å²) >= 11 is 0. The molecule has 4 rings (SSSR count). The van der Waals surface area contributed by atoms with Crippen molar-refractivity contribution in [1.29, 1.82) is 0 Å². The first kappa shape index (κ1) is 14.4. The van der Waals surface area contributed by atoms with Crippen LogP contribution in [0.3, 0.4) is 0 Å². The van der Waals surface area contributed by atoms with Gasteiger partial charge in [-0.05, 0) is 32.6 Å². The molecular weight excluding hydrogens is 294 g/mol. The molecule has 0 bridgehead atoms. The number of anilines is 1. The molecule has 122 valence electrons. The van der Waals surface area contributed by atoms with Crippen molar-refractivity contribution in [3.05, 3.63) is 12.0 Å². The highest BCUT2D eigenvalue weighted by Crippen LogP contribution is 2.30. The van der Waals surface area contributed by atoms with Gasteiger partial charge in [-0.3, -0.25) is 4.79 Å². The molecular formula is C16H21N5O2. The molecule has 0 aromatic carbocycles. The second-order valence-corrected chi connectivity index (χ2v) is 6.46. The summed E-state index contributed by atoms with van der Waals surface area (Å²) in [5.74, 6) is 1.21. The normalized spacial score (nSPS) is 22.0. The number of likely N-dealkylation sites (tertiary alicyclic amines) is 1. The molecule has 4 heterocycles. The van der Waals surface area contributed by atoms with Gasteiger partial charge in [0.1, 0.15) is 17.5 Å².